The lowest BCUT2D eigenvalue weighted by atomic mass is 9.62. The van der Waals surface area contributed by atoms with Crippen LogP contribution in [0.15, 0.2) is 36.7 Å². The molecule has 182 valence electrons. The summed E-state index contributed by atoms with van der Waals surface area (Å²) < 4.78 is 39.0. The predicted octanol–water partition coefficient (Wildman–Crippen LogP) is 5.68. The van der Waals surface area contributed by atoms with Crippen molar-refractivity contribution in [3.05, 3.63) is 52.9 Å². The summed E-state index contributed by atoms with van der Waals surface area (Å²) in [7, 11) is 0. The molecule has 1 fully saturated rings. The summed E-state index contributed by atoms with van der Waals surface area (Å²) in [6, 6.07) is 6.33. The van der Waals surface area contributed by atoms with Gasteiger partial charge in [-0.3, -0.25) is 0 Å². The fraction of sp³-hybridized carbons (Fsp3) is 0.458. The summed E-state index contributed by atoms with van der Waals surface area (Å²) in [5.74, 6) is -0.485. The molecule has 2 aromatic heterocycles. The number of hydrogen-bond donors (Lipinski definition) is 3. The van der Waals surface area contributed by atoms with Crippen molar-refractivity contribution >= 4 is 23.0 Å². The Balaban J connectivity index is 1.64. The average Bonchev–Trinajstić information content (AvgIpc) is 3.24. The van der Waals surface area contributed by atoms with Crippen molar-refractivity contribution in [1.82, 2.24) is 15.0 Å². The monoisotopic (exact) mass is 492 g/mol. The smallest absolute Gasteiger partial charge is 0.396 e. The molecule has 1 saturated carbocycles. The Kier molecular flexibility index (Phi) is 6.43. The normalized spacial score (nSPS) is 22.5. The molecule has 0 amide bonds. The van der Waals surface area contributed by atoms with Crippen LogP contribution in [-0.4, -0.2) is 31.8 Å². The third-order valence-electron chi connectivity index (χ3n) is 6.52. The molecule has 1 aliphatic rings. The zero-order valence-electron chi connectivity index (χ0n) is 19.1. The number of aliphatic hydroxyl groups excluding tert-OH is 1. The summed E-state index contributed by atoms with van der Waals surface area (Å²) in [4.78, 5) is 12.8. The Labute approximate surface area is 199 Å². The zero-order chi connectivity index (χ0) is 24.7. The molecule has 0 saturated heterocycles. The first-order chi connectivity index (χ1) is 15.9. The molecule has 0 spiro atoms. The SMILES string of the molecule is Cc1cc(Nc2nccc(C(F)(F)F)n2)cc(-c2cnc(C3(O)CCCC(C)(C)C3CO)s2)c1. The van der Waals surface area contributed by atoms with E-state index in [4.69, 9.17) is 0 Å². The van der Waals surface area contributed by atoms with Gasteiger partial charge in [-0.2, -0.15) is 13.2 Å². The fourth-order valence-electron chi connectivity index (χ4n) is 4.77. The average molecular weight is 493 g/mol. The van der Waals surface area contributed by atoms with E-state index >= 15 is 0 Å². The molecule has 1 aromatic carbocycles. The molecule has 6 nitrogen and oxygen atoms in total. The van der Waals surface area contributed by atoms with E-state index in [0.29, 0.717) is 17.1 Å². The maximum atomic E-state index is 13.0. The van der Waals surface area contributed by atoms with Crippen LogP contribution in [0.2, 0.25) is 0 Å². The molecule has 0 radical (unpaired) electrons. The minimum atomic E-state index is -4.56. The number of halogens is 3. The molecular formula is C24H27F3N4O2S. The highest BCUT2D eigenvalue weighted by molar-refractivity contribution is 7.15. The molecule has 2 atom stereocenters. The maximum Gasteiger partial charge on any atom is 0.433 e. The summed E-state index contributed by atoms with van der Waals surface area (Å²) in [5, 5.41) is 25.0. The summed E-state index contributed by atoms with van der Waals surface area (Å²) in [6.45, 7) is 5.86. The Morgan fingerprint density at radius 1 is 1.18 bits per heavy atom. The van der Waals surface area contributed by atoms with Gasteiger partial charge in [0.25, 0.3) is 0 Å². The topological polar surface area (TPSA) is 91.2 Å². The van der Waals surface area contributed by atoms with E-state index in [0.717, 1.165) is 41.1 Å². The van der Waals surface area contributed by atoms with Crippen LogP contribution in [0.1, 0.15) is 49.4 Å². The number of alkyl halides is 3. The van der Waals surface area contributed by atoms with Gasteiger partial charge in [-0.1, -0.05) is 19.9 Å². The molecule has 0 bridgehead atoms. The lowest BCUT2D eigenvalue weighted by Crippen LogP contribution is -2.48. The molecule has 0 aliphatic heterocycles. The Bertz CT molecular complexity index is 1180. The second-order valence-electron chi connectivity index (χ2n) is 9.51. The van der Waals surface area contributed by atoms with Gasteiger partial charge in [-0.15, -0.1) is 11.3 Å². The number of aryl methyl sites for hydroxylation is 1. The van der Waals surface area contributed by atoms with Gasteiger partial charge in [0.2, 0.25) is 5.95 Å². The molecule has 34 heavy (non-hydrogen) atoms. The van der Waals surface area contributed by atoms with Crippen molar-refractivity contribution in [1.29, 1.82) is 0 Å². The van der Waals surface area contributed by atoms with Gasteiger partial charge < -0.3 is 15.5 Å². The summed E-state index contributed by atoms with van der Waals surface area (Å²) in [6.07, 6.45) is 0.480. The van der Waals surface area contributed by atoms with Gasteiger partial charge >= 0.3 is 6.18 Å². The number of thiazole rings is 1. The van der Waals surface area contributed by atoms with Crippen LogP contribution in [0.4, 0.5) is 24.8 Å². The third-order valence-corrected chi connectivity index (χ3v) is 7.73. The first kappa shape index (κ1) is 24.6. The van der Waals surface area contributed by atoms with Crippen molar-refractivity contribution in [2.45, 2.75) is 51.8 Å². The van der Waals surface area contributed by atoms with Crippen LogP contribution in [0, 0.1) is 18.3 Å². The molecule has 1 aliphatic carbocycles. The molecule has 2 unspecified atom stereocenters. The predicted molar refractivity (Wildman–Crippen MR) is 125 cm³/mol. The van der Waals surface area contributed by atoms with E-state index in [9.17, 15) is 23.4 Å². The van der Waals surface area contributed by atoms with E-state index in [1.54, 1.807) is 18.3 Å². The van der Waals surface area contributed by atoms with E-state index in [1.165, 1.54) is 11.3 Å². The number of anilines is 2. The molecule has 4 rings (SSSR count). The number of nitrogens with one attached hydrogen (secondary N) is 1. The van der Waals surface area contributed by atoms with Crippen molar-refractivity contribution in [2.75, 3.05) is 11.9 Å². The van der Waals surface area contributed by atoms with E-state index in [1.807, 2.05) is 13.0 Å². The summed E-state index contributed by atoms with van der Waals surface area (Å²) in [5.41, 5.74) is -0.234. The minimum Gasteiger partial charge on any atom is -0.396 e. The van der Waals surface area contributed by atoms with Crippen LogP contribution in [0.3, 0.4) is 0 Å². The van der Waals surface area contributed by atoms with Gasteiger partial charge in [0, 0.05) is 30.6 Å². The van der Waals surface area contributed by atoms with Crippen LogP contribution in [0.5, 0.6) is 0 Å². The molecule has 3 aromatic rings. The lowest BCUT2D eigenvalue weighted by Gasteiger charge is -2.47. The van der Waals surface area contributed by atoms with Crippen LogP contribution >= 0.6 is 11.3 Å². The molecule has 3 N–H and O–H groups in total. The minimum absolute atomic E-state index is 0.131. The van der Waals surface area contributed by atoms with Gasteiger partial charge in [-0.25, -0.2) is 15.0 Å². The van der Waals surface area contributed by atoms with Gasteiger partial charge in [0.05, 0.1) is 4.88 Å². The van der Waals surface area contributed by atoms with Gasteiger partial charge in [0.15, 0.2) is 0 Å². The largest absolute Gasteiger partial charge is 0.433 e. The van der Waals surface area contributed by atoms with Crippen molar-refractivity contribution in [3.63, 3.8) is 0 Å². The van der Waals surface area contributed by atoms with E-state index in [-0.39, 0.29) is 23.9 Å². The van der Waals surface area contributed by atoms with Crippen LogP contribution in [0.25, 0.3) is 10.4 Å². The highest BCUT2D eigenvalue weighted by atomic mass is 32.1. The zero-order valence-corrected chi connectivity index (χ0v) is 20.0. The Morgan fingerprint density at radius 2 is 1.94 bits per heavy atom. The fourth-order valence-corrected chi connectivity index (χ4v) is 5.85. The number of aromatic nitrogens is 3. The lowest BCUT2D eigenvalue weighted by molar-refractivity contribution is -0.141. The molecule has 10 heteroatoms. The first-order valence-corrected chi connectivity index (χ1v) is 11.8. The summed E-state index contributed by atoms with van der Waals surface area (Å²) >= 11 is 1.36. The molecular weight excluding hydrogens is 465 g/mol. The highest BCUT2D eigenvalue weighted by Crippen LogP contribution is 2.52. The second kappa shape index (κ2) is 8.90. The van der Waals surface area contributed by atoms with Crippen LogP contribution in [-0.2, 0) is 11.8 Å². The van der Waals surface area contributed by atoms with E-state index in [2.05, 4.69) is 34.1 Å². The van der Waals surface area contributed by atoms with Crippen molar-refractivity contribution < 1.29 is 23.4 Å². The third kappa shape index (κ3) is 4.80. The Hall–Kier alpha value is -2.56. The standard InChI is InChI=1S/C24H27F3N4O2S/c1-14-9-15(11-16(10-14)30-21-28-8-5-19(31-21)24(25,26)27)17-12-29-20(34-17)23(33)7-4-6-22(2,3)18(23)13-32/h5,8-12,18,32-33H,4,6-7,13H2,1-3H3,(H,28,30,31). The number of hydrogen-bond acceptors (Lipinski definition) is 7. The van der Waals surface area contributed by atoms with Gasteiger partial charge in [-0.05, 0) is 60.9 Å². The van der Waals surface area contributed by atoms with E-state index < -0.39 is 17.5 Å². The van der Waals surface area contributed by atoms with Crippen LogP contribution < -0.4 is 5.32 Å². The second-order valence-corrected chi connectivity index (χ2v) is 10.5. The Morgan fingerprint density at radius 3 is 2.65 bits per heavy atom. The van der Waals surface area contributed by atoms with Crippen molar-refractivity contribution in [2.24, 2.45) is 11.3 Å². The number of benzene rings is 1. The first-order valence-electron chi connectivity index (χ1n) is 11.0. The van der Waals surface area contributed by atoms with Gasteiger partial charge in [0.1, 0.15) is 16.3 Å². The highest BCUT2D eigenvalue weighted by Gasteiger charge is 2.50. The van der Waals surface area contributed by atoms with Crippen molar-refractivity contribution in [3.8, 4) is 10.4 Å². The quantitative estimate of drug-likeness (QED) is 0.425. The number of nitrogens with zero attached hydrogens (tertiary/aromatic N) is 3. The molecule has 2 heterocycles. The maximum absolute atomic E-state index is 13.0. The number of rotatable bonds is 5. The number of aliphatic hydroxyl groups is 2.